The maximum Gasteiger partial charge on any atom is 0.283 e. The summed E-state index contributed by atoms with van der Waals surface area (Å²) in [5, 5.41) is 19.5. The van der Waals surface area contributed by atoms with Crippen LogP contribution in [0.2, 0.25) is 20.1 Å². The van der Waals surface area contributed by atoms with Crippen LogP contribution < -0.4 is 0 Å². The number of aromatic hydroxyl groups is 2. The number of rotatable bonds is 4. The SMILES string of the molecule is O=S(=O)(O)C(c1cc(O)cc(Cl)c1)(c1cc(Cl)c(O)c(Cl)c1)c1ccccc1Cl. The van der Waals surface area contributed by atoms with Gasteiger partial charge in [-0.25, -0.2) is 0 Å². The summed E-state index contributed by atoms with van der Waals surface area (Å²) >= 11 is 24.4. The van der Waals surface area contributed by atoms with Crippen molar-refractivity contribution in [1.82, 2.24) is 0 Å². The summed E-state index contributed by atoms with van der Waals surface area (Å²) in [4.78, 5) is 0. The predicted octanol–water partition coefficient (Wildman–Crippen LogP) is 5.89. The molecule has 0 bridgehead atoms. The van der Waals surface area contributed by atoms with Crippen LogP contribution in [0.3, 0.4) is 0 Å². The van der Waals surface area contributed by atoms with Crippen LogP contribution in [0.4, 0.5) is 0 Å². The molecule has 10 heteroatoms. The van der Waals surface area contributed by atoms with Crippen molar-refractivity contribution in [3.8, 4) is 11.5 Å². The van der Waals surface area contributed by atoms with E-state index in [0.717, 1.165) is 18.2 Å². The summed E-state index contributed by atoms with van der Waals surface area (Å²) < 4.78 is 34.0. The van der Waals surface area contributed by atoms with Crippen molar-refractivity contribution in [2.45, 2.75) is 4.75 Å². The second kappa shape index (κ2) is 7.87. The third-order valence-corrected chi connectivity index (χ3v) is 6.94. The predicted molar refractivity (Wildman–Crippen MR) is 114 cm³/mol. The Morgan fingerprint density at radius 1 is 0.759 bits per heavy atom. The first-order valence-corrected chi connectivity index (χ1v) is 10.8. The highest BCUT2D eigenvalue weighted by Gasteiger charge is 2.50. The van der Waals surface area contributed by atoms with Crippen molar-refractivity contribution in [3.05, 3.63) is 91.4 Å². The molecule has 1 unspecified atom stereocenters. The first-order chi connectivity index (χ1) is 13.5. The second-order valence-electron chi connectivity index (χ2n) is 6.12. The van der Waals surface area contributed by atoms with Crippen LogP contribution in [0.25, 0.3) is 0 Å². The minimum atomic E-state index is -5.04. The van der Waals surface area contributed by atoms with Crippen LogP contribution in [0.15, 0.2) is 54.6 Å². The van der Waals surface area contributed by atoms with E-state index < -0.39 is 20.6 Å². The zero-order valence-electron chi connectivity index (χ0n) is 14.3. The van der Waals surface area contributed by atoms with Crippen LogP contribution in [-0.2, 0) is 14.9 Å². The van der Waals surface area contributed by atoms with Crippen LogP contribution >= 0.6 is 46.4 Å². The lowest BCUT2D eigenvalue weighted by Gasteiger charge is -2.33. The average Bonchev–Trinajstić information content (AvgIpc) is 2.59. The van der Waals surface area contributed by atoms with Crippen molar-refractivity contribution < 1.29 is 23.2 Å². The molecule has 0 spiro atoms. The van der Waals surface area contributed by atoms with Gasteiger partial charge in [-0.15, -0.1) is 0 Å². The fourth-order valence-electron chi connectivity index (χ4n) is 3.21. The Kier molecular flexibility index (Phi) is 5.98. The Labute approximate surface area is 186 Å². The molecule has 1 atom stereocenters. The number of benzene rings is 3. The first-order valence-electron chi connectivity index (χ1n) is 7.89. The van der Waals surface area contributed by atoms with Gasteiger partial charge in [0, 0.05) is 15.6 Å². The summed E-state index contributed by atoms with van der Waals surface area (Å²) in [7, 11) is -5.04. The van der Waals surface area contributed by atoms with Gasteiger partial charge in [0.05, 0.1) is 10.0 Å². The van der Waals surface area contributed by atoms with E-state index in [4.69, 9.17) is 46.4 Å². The molecule has 152 valence electrons. The van der Waals surface area contributed by atoms with Gasteiger partial charge in [0.15, 0.2) is 10.5 Å². The molecule has 0 saturated carbocycles. The molecular formula is C19H12Cl4O5S. The van der Waals surface area contributed by atoms with Crippen LogP contribution in [0.1, 0.15) is 16.7 Å². The van der Waals surface area contributed by atoms with Crippen LogP contribution in [0.5, 0.6) is 11.5 Å². The second-order valence-corrected chi connectivity index (χ2v) is 9.34. The lowest BCUT2D eigenvalue weighted by atomic mass is 9.83. The van der Waals surface area contributed by atoms with E-state index in [1.54, 1.807) is 6.07 Å². The molecule has 0 fully saturated rings. The molecule has 0 amide bonds. The zero-order valence-corrected chi connectivity index (χ0v) is 18.1. The molecule has 0 radical (unpaired) electrons. The van der Waals surface area contributed by atoms with E-state index in [9.17, 15) is 23.2 Å². The number of halogens is 4. The Bertz CT molecular complexity index is 1170. The van der Waals surface area contributed by atoms with E-state index in [0.29, 0.717) is 0 Å². The van der Waals surface area contributed by atoms with E-state index in [1.165, 1.54) is 30.3 Å². The van der Waals surface area contributed by atoms with Crippen molar-refractivity contribution in [2.24, 2.45) is 0 Å². The fourth-order valence-corrected chi connectivity index (χ4v) is 5.54. The van der Waals surface area contributed by atoms with E-state index in [2.05, 4.69) is 0 Å². The van der Waals surface area contributed by atoms with Gasteiger partial charge in [0.2, 0.25) is 0 Å². The third-order valence-electron chi connectivity index (χ3n) is 4.35. The third kappa shape index (κ3) is 3.77. The number of hydrogen-bond donors (Lipinski definition) is 3. The summed E-state index contributed by atoms with van der Waals surface area (Å²) in [6.07, 6.45) is 0. The number of hydrogen-bond acceptors (Lipinski definition) is 4. The maximum atomic E-state index is 13.0. The van der Waals surface area contributed by atoms with Crippen molar-refractivity contribution in [2.75, 3.05) is 0 Å². The van der Waals surface area contributed by atoms with Crippen LogP contribution in [-0.4, -0.2) is 23.2 Å². The smallest absolute Gasteiger partial charge is 0.283 e. The lowest BCUT2D eigenvalue weighted by Crippen LogP contribution is -2.38. The van der Waals surface area contributed by atoms with Crippen molar-refractivity contribution in [1.29, 1.82) is 0 Å². The molecule has 0 aliphatic rings. The summed E-state index contributed by atoms with van der Waals surface area (Å²) in [5.74, 6) is -0.807. The van der Waals surface area contributed by atoms with Gasteiger partial charge < -0.3 is 10.2 Å². The Morgan fingerprint density at radius 2 is 1.31 bits per heavy atom. The summed E-state index contributed by atoms with van der Waals surface area (Å²) in [5.41, 5.74) is -0.276. The van der Waals surface area contributed by atoms with Gasteiger partial charge in [0.1, 0.15) is 5.75 Å². The Balaban J connectivity index is 2.61. The summed E-state index contributed by atoms with van der Waals surface area (Å²) in [6.45, 7) is 0. The Morgan fingerprint density at radius 3 is 1.83 bits per heavy atom. The molecule has 0 saturated heterocycles. The zero-order chi connectivity index (χ0) is 21.6. The molecule has 0 heterocycles. The van der Waals surface area contributed by atoms with Crippen molar-refractivity contribution >= 4 is 56.5 Å². The molecule has 5 nitrogen and oxygen atoms in total. The Hall–Kier alpha value is -1.67. The molecule has 3 aromatic carbocycles. The number of phenolic OH excluding ortho intramolecular Hbond substituents is 2. The van der Waals surface area contributed by atoms with Crippen molar-refractivity contribution in [3.63, 3.8) is 0 Å². The monoisotopic (exact) mass is 492 g/mol. The highest BCUT2D eigenvalue weighted by atomic mass is 35.5. The van der Waals surface area contributed by atoms with Gasteiger partial charge in [-0.1, -0.05) is 64.6 Å². The van der Waals surface area contributed by atoms with Gasteiger partial charge in [-0.3, -0.25) is 4.55 Å². The maximum absolute atomic E-state index is 13.0. The molecule has 0 aliphatic carbocycles. The first kappa shape index (κ1) is 22.0. The minimum absolute atomic E-state index is 0.00455. The largest absolute Gasteiger partial charge is 0.508 e. The molecule has 3 rings (SSSR count). The van der Waals surface area contributed by atoms with Crippen LogP contribution in [0, 0.1) is 0 Å². The van der Waals surface area contributed by atoms with E-state index in [1.807, 2.05) is 0 Å². The van der Waals surface area contributed by atoms with Gasteiger partial charge in [0.25, 0.3) is 10.1 Å². The quantitative estimate of drug-likeness (QED) is 0.311. The normalized spacial score (nSPS) is 13.8. The van der Waals surface area contributed by atoms with E-state index >= 15 is 0 Å². The highest BCUT2D eigenvalue weighted by Crippen LogP contribution is 2.49. The molecule has 0 aromatic heterocycles. The topological polar surface area (TPSA) is 94.8 Å². The van der Waals surface area contributed by atoms with E-state index in [-0.39, 0.29) is 42.5 Å². The van der Waals surface area contributed by atoms with Gasteiger partial charge in [-0.05, 0) is 47.5 Å². The molecule has 29 heavy (non-hydrogen) atoms. The van der Waals surface area contributed by atoms with Gasteiger partial charge >= 0.3 is 0 Å². The molecular weight excluding hydrogens is 482 g/mol. The molecule has 0 aliphatic heterocycles. The average molecular weight is 494 g/mol. The minimum Gasteiger partial charge on any atom is -0.508 e. The highest BCUT2D eigenvalue weighted by molar-refractivity contribution is 7.87. The molecule has 3 aromatic rings. The lowest BCUT2D eigenvalue weighted by molar-refractivity contribution is 0.455. The van der Waals surface area contributed by atoms with Gasteiger partial charge in [-0.2, -0.15) is 8.42 Å². The number of phenols is 2. The molecule has 3 N–H and O–H groups in total. The standard InChI is InChI=1S/C19H12Cl4O5S/c20-12-5-10(6-13(24)9-12)19(29(26,27)28,14-3-1-2-4-15(14)21)11-7-16(22)18(25)17(23)8-11/h1-9,24-25H,(H,26,27,28). The fraction of sp³-hybridized carbons (Fsp3) is 0.0526. The summed E-state index contributed by atoms with van der Waals surface area (Å²) in [6, 6.07) is 11.8.